The van der Waals surface area contributed by atoms with Crippen molar-refractivity contribution in [2.75, 3.05) is 0 Å². The van der Waals surface area contributed by atoms with Crippen LogP contribution in [0.15, 0.2) is 43.2 Å². The van der Waals surface area contributed by atoms with Crippen LogP contribution in [0.3, 0.4) is 0 Å². The first-order chi connectivity index (χ1) is 14.7. The fraction of sp³-hybridized carbons (Fsp3) is 0.455. The van der Waals surface area contributed by atoms with E-state index in [0.717, 1.165) is 60.1 Å². The quantitative estimate of drug-likeness (QED) is 0.526. The van der Waals surface area contributed by atoms with Gasteiger partial charge in [-0.2, -0.15) is 15.3 Å². The lowest BCUT2D eigenvalue weighted by atomic mass is 10.1. The van der Waals surface area contributed by atoms with Gasteiger partial charge in [-0.15, -0.1) is 0 Å². The fourth-order valence-electron chi connectivity index (χ4n) is 4.48. The van der Waals surface area contributed by atoms with Gasteiger partial charge < -0.3 is 5.11 Å². The fourth-order valence-corrected chi connectivity index (χ4v) is 4.48. The van der Waals surface area contributed by atoms with Crippen molar-refractivity contribution in [1.29, 1.82) is 0 Å². The number of aliphatic hydroxyl groups is 1. The van der Waals surface area contributed by atoms with Crippen molar-refractivity contribution in [2.24, 2.45) is 0 Å². The number of hydrogen-bond donors (Lipinski definition) is 1. The second kappa shape index (κ2) is 7.68. The predicted octanol–water partition coefficient (Wildman–Crippen LogP) is 3.90. The smallest absolute Gasteiger partial charge is 0.0999 e. The summed E-state index contributed by atoms with van der Waals surface area (Å²) in [5.74, 6) is 0. The molecule has 4 aromatic heterocycles. The standard InChI is InChI=1S/C22H27N7O/c1-3-17(4-2)27-13-16(11-24-27)22-20-8-9-23-29(20)14-18(26-22)15-10-25-28(12-15)19-6-5-7-21(19)30/h8-14,17,19,21,30H,3-7H2,1-2H3/t19?,21-/m1/s1. The summed E-state index contributed by atoms with van der Waals surface area (Å²) in [6.45, 7) is 4.37. The first kappa shape index (κ1) is 19.0. The van der Waals surface area contributed by atoms with E-state index in [1.807, 2.05) is 44.7 Å². The van der Waals surface area contributed by atoms with Gasteiger partial charge in [0.05, 0.1) is 59.9 Å². The van der Waals surface area contributed by atoms with Crippen molar-refractivity contribution in [3.05, 3.63) is 43.2 Å². The summed E-state index contributed by atoms with van der Waals surface area (Å²) < 4.78 is 5.77. The second-order valence-electron chi connectivity index (χ2n) is 8.09. The van der Waals surface area contributed by atoms with Gasteiger partial charge in [0, 0.05) is 23.5 Å². The lowest BCUT2D eigenvalue weighted by Crippen LogP contribution is -2.18. The van der Waals surface area contributed by atoms with Crippen molar-refractivity contribution in [1.82, 2.24) is 34.2 Å². The average Bonchev–Trinajstić information content (AvgIpc) is 3.54. The molecule has 0 saturated heterocycles. The zero-order valence-electron chi connectivity index (χ0n) is 17.4. The number of nitrogens with zero attached hydrogens (tertiary/aromatic N) is 7. The highest BCUT2D eigenvalue weighted by atomic mass is 16.3. The molecule has 0 aliphatic heterocycles. The van der Waals surface area contributed by atoms with Gasteiger partial charge in [0.25, 0.3) is 0 Å². The van der Waals surface area contributed by atoms with Crippen LogP contribution in [0.2, 0.25) is 0 Å². The molecule has 2 atom stereocenters. The molecule has 0 spiro atoms. The molecular formula is C22H27N7O. The minimum absolute atomic E-state index is 0.0462. The average molecular weight is 406 g/mol. The third-order valence-electron chi connectivity index (χ3n) is 6.26. The Hall–Kier alpha value is -3.00. The zero-order valence-corrected chi connectivity index (χ0v) is 17.4. The molecule has 0 aromatic carbocycles. The predicted molar refractivity (Wildman–Crippen MR) is 114 cm³/mol. The SMILES string of the molecule is CCC(CC)n1cc(-c2nc(-c3cnn(C4CCC[C@H]4O)c3)cn3nccc23)cn1. The number of aliphatic hydroxyl groups excluding tert-OH is 1. The first-order valence-corrected chi connectivity index (χ1v) is 10.8. The van der Waals surface area contributed by atoms with E-state index >= 15 is 0 Å². The first-order valence-electron chi connectivity index (χ1n) is 10.8. The van der Waals surface area contributed by atoms with Crippen LogP contribution in [0.4, 0.5) is 0 Å². The molecule has 156 valence electrons. The second-order valence-corrected chi connectivity index (χ2v) is 8.09. The highest BCUT2D eigenvalue weighted by molar-refractivity contribution is 5.78. The maximum atomic E-state index is 10.2. The van der Waals surface area contributed by atoms with Crippen molar-refractivity contribution in [3.63, 3.8) is 0 Å². The van der Waals surface area contributed by atoms with Gasteiger partial charge in [-0.3, -0.25) is 9.36 Å². The van der Waals surface area contributed by atoms with Gasteiger partial charge in [-0.05, 0) is 38.2 Å². The summed E-state index contributed by atoms with van der Waals surface area (Å²) in [7, 11) is 0. The molecule has 30 heavy (non-hydrogen) atoms. The Morgan fingerprint density at radius 1 is 1.03 bits per heavy atom. The van der Waals surface area contributed by atoms with Crippen molar-refractivity contribution < 1.29 is 5.11 Å². The van der Waals surface area contributed by atoms with Crippen molar-refractivity contribution in [2.45, 2.75) is 64.1 Å². The minimum atomic E-state index is -0.328. The molecule has 1 unspecified atom stereocenters. The van der Waals surface area contributed by atoms with E-state index in [4.69, 9.17) is 4.98 Å². The van der Waals surface area contributed by atoms with E-state index in [-0.39, 0.29) is 12.1 Å². The van der Waals surface area contributed by atoms with Crippen molar-refractivity contribution in [3.8, 4) is 22.5 Å². The van der Waals surface area contributed by atoms with Gasteiger partial charge in [-0.25, -0.2) is 9.50 Å². The zero-order chi connectivity index (χ0) is 20.7. The molecule has 1 aliphatic carbocycles. The normalized spacial score (nSPS) is 19.3. The van der Waals surface area contributed by atoms with E-state index in [1.165, 1.54) is 0 Å². The maximum absolute atomic E-state index is 10.2. The molecule has 5 rings (SSSR count). The molecule has 8 heteroatoms. The summed E-state index contributed by atoms with van der Waals surface area (Å²) in [5.41, 5.74) is 4.50. The minimum Gasteiger partial charge on any atom is -0.391 e. The maximum Gasteiger partial charge on any atom is 0.0999 e. The van der Waals surface area contributed by atoms with Crippen LogP contribution >= 0.6 is 0 Å². The molecule has 4 heterocycles. The molecular weight excluding hydrogens is 378 g/mol. The summed E-state index contributed by atoms with van der Waals surface area (Å²) >= 11 is 0. The lowest BCUT2D eigenvalue weighted by Gasteiger charge is -2.14. The highest BCUT2D eigenvalue weighted by Crippen LogP contribution is 2.32. The van der Waals surface area contributed by atoms with Gasteiger partial charge in [-0.1, -0.05) is 13.8 Å². The van der Waals surface area contributed by atoms with Gasteiger partial charge in [0.15, 0.2) is 0 Å². The summed E-state index contributed by atoms with van der Waals surface area (Å²) in [6, 6.07) is 2.41. The Labute approximate surface area is 175 Å². The Bertz CT molecular complexity index is 1150. The Kier molecular flexibility index (Phi) is 4.86. The van der Waals surface area contributed by atoms with Gasteiger partial charge in [0.1, 0.15) is 0 Å². The van der Waals surface area contributed by atoms with Crippen LogP contribution in [0.25, 0.3) is 28.0 Å². The van der Waals surface area contributed by atoms with Crippen LogP contribution in [-0.4, -0.2) is 45.4 Å². The molecule has 1 N–H and O–H groups in total. The van der Waals surface area contributed by atoms with E-state index < -0.39 is 0 Å². The number of fused-ring (bicyclic) bond motifs is 1. The molecule has 8 nitrogen and oxygen atoms in total. The largest absolute Gasteiger partial charge is 0.391 e. The highest BCUT2D eigenvalue weighted by Gasteiger charge is 2.27. The van der Waals surface area contributed by atoms with E-state index in [0.29, 0.717) is 6.04 Å². The number of rotatable bonds is 6. The third kappa shape index (κ3) is 3.21. The molecule has 1 aliphatic rings. The molecule has 1 fully saturated rings. The van der Waals surface area contributed by atoms with Crippen LogP contribution in [0.5, 0.6) is 0 Å². The summed E-state index contributed by atoms with van der Waals surface area (Å²) in [6.07, 6.45) is 16.0. The van der Waals surface area contributed by atoms with Gasteiger partial charge >= 0.3 is 0 Å². The molecule has 0 amide bonds. The number of hydrogen-bond acceptors (Lipinski definition) is 5. The van der Waals surface area contributed by atoms with E-state index in [2.05, 4.69) is 35.3 Å². The van der Waals surface area contributed by atoms with Crippen LogP contribution < -0.4 is 0 Å². The lowest BCUT2D eigenvalue weighted by molar-refractivity contribution is 0.130. The van der Waals surface area contributed by atoms with Crippen LogP contribution in [0, 0.1) is 0 Å². The number of aromatic nitrogens is 7. The monoisotopic (exact) mass is 405 g/mol. The Morgan fingerprint density at radius 2 is 1.87 bits per heavy atom. The van der Waals surface area contributed by atoms with E-state index in [1.54, 1.807) is 6.20 Å². The molecule has 0 radical (unpaired) electrons. The molecule has 4 aromatic rings. The third-order valence-corrected chi connectivity index (χ3v) is 6.26. The topological polar surface area (TPSA) is 86.1 Å². The summed E-state index contributed by atoms with van der Waals surface area (Å²) in [4.78, 5) is 4.97. The molecule has 1 saturated carbocycles. The van der Waals surface area contributed by atoms with Gasteiger partial charge in [0.2, 0.25) is 0 Å². The Balaban J connectivity index is 1.55. The van der Waals surface area contributed by atoms with Crippen molar-refractivity contribution >= 4 is 5.52 Å². The van der Waals surface area contributed by atoms with E-state index in [9.17, 15) is 5.11 Å². The van der Waals surface area contributed by atoms with Crippen LogP contribution in [0.1, 0.15) is 58.0 Å². The summed E-state index contributed by atoms with van der Waals surface area (Å²) in [5, 5.41) is 23.8. The van der Waals surface area contributed by atoms with Crippen LogP contribution in [-0.2, 0) is 0 Å². The Morgan fingerprint density at radius 3 is 2.63 bits per heavy atom. The molecule has 0 bridgehead atoms.